The summed E-state index contributed by atoms with van der Waals surface area (Å²) in [5, 5.41) is 2.74. The van der Waals surface area contributed by atoms with Crippen molar-refractivity contribution in [3.63, 3.8) is 0 Å². The first-order chi connectivity index (χ1) is 13.7. The molecule has 0 bridgehead atoms. The molecule has 3 rings (SSSR count). The molecule has 0 fully saturated rings. The van der Waals surface area contributed by atoms with Crippen LogP contribution in [0.5, 0.6) is 0 Å². The van der Waals surface area contributed by atoms with Gasteiger partial charge in [-0.05, 0) is 73.0 Å². The summed E-state index contributed by atoms with van der Waals surface area (Å²) < 4.78 is 40.8. The number of amides is 1. The van der Waals surface area contributed by atoms with Gasteiger partial charge >= 0.3 is 0 Å². The van der Waals surface area contributed by atoms with Crippen LogP contribution in [0.2, 0.25) is 0 Å². The zero-order valence-corrected chi connectivity index (χ0v) is 16.9. The van der Waals surface area contributed by atoms with Crippen molar-refractivity contribution in [2.24, 2.45) is 0 Å². The van der Waals surface area contributed by atoms with E-state index in [4.69, 9.17) is 0 Å². The standard InChI is InChI=1S/C22H21FN2O3S/c1-15-3-4-16(2)21(13-15)29(27,28)25-20-11-7-18(8-12-20)22(26)24-14-17-5-9-19(23)10-6-17/h3-13,25H,14H2,1-2H3,(H,24,26). The predicted octanol–water partition coefficient (Wildman–Crippen LogP) is 4.17. The third kappa shape index (κ3) is 5.20. The Labute approximate surface area is 169 Å². The Morgan fingerprint density at radius 3 is 2.24 bits per heavy atom. The van der Waals surface area contributed by atoms with Crippen molar-refractivity contribution in [2.75, 3.05) is 4.72 Å². The fourth-order valence-electron chi connectivity index (χ4n) is 2.78. The maximum atomic E-state index is 12.9. The average molecular weight is 412 g/mol. The van der Waals surface area contributed by atoms with Crippen LogP contribution in [0, 0.1) is 19.7 Å². The van der Waals surface area contributed by atoms with Gasteiger partial charge in [-0.25, -0.2) is 12.8 Å². The van der Waals surface area contributed by atoms with Gasteiger partial charge in [-0.3, -0.25) is 9.52 Å². The van der Waals surface area contributed by atoms with E-state index in [0.29, 0.717) is 16.8 Å². The molecule has 0 aliphatic rings. The van der Waals surface area contributed by atoms with Gasteiger partial charge in [0.1, 0.15) is 5.82 Å². The summed E-state index contributed by atoms with van der Waals surface area (Å²) in [4.78, 5) is 12.5. The molecule has 3 aromatic rings. The highest BCUT2D eigenvalue weighted by Crippen LogP contribution is 2.21. The maximum absolute atomic E-state index is 12.9. The van der Waals surface area contributed by atoms with E-state index in [-0.39, 0.29) is 23.2 Å². The second-order valence-electron chi connectivity index (χ2n) is 6.76. The van der Waals surface area contributed by atoms with E-state index in [1.165, 1.54) is 24.3 Å². The van der Waals surface area contributed by atoms with Crippen LogP contribution in [0.1, 0.15) is 27.0 Å². The van der Waals surface area contributed by atoms with Gasteiger partial charge < -0.3 is 5.32 Å². The van der Waals surface area contributed by atoms with Crippen LogP contribution < -0.4 is 10.0 Å². The topological polar surface area (TPSA) is 75.3 Å². The number of sulfonamides is 1. The fraction of sp³-hybridized carbons (Fsp3) is 0.136. The van der Waals surface area contributed by atoms with Crippen LogP contribution in [0.4, 0.5) is 10.1 Å². The van der Waals surface area contributed by atoms with Crippen LogP contribution in [-0.4, -0.2) is 14.3 Å². The summed E-state index contributed by atoms with van der Waals surface area (Å²) in [6.45, 7) is 3.83. The van der Waals surface area contributed by atoms with E-state index in [1.54, 1.807) is 43.3 Å². The molecule has 2 N–H and O–H groups in total. The van der Waals surface area contributed by atoms with Gasteiger partial charge in [0.2, 0.25) is 0 Å². The van der Waals surface area contributed by atoms with Crippen molar-refractivity contribution >= 4 is 21.6 Å². The van der Waals surface area contributed by atoms with E-state index in [2.05, 4.69) is 10.0 Å². The summed E-state index contributed by atoms with van der Waals surface area (Å²) in [7, 11) is -3.73. The van der Waals surface area contributed by atoms with Gasteiger partial charge in [0.05, 0.1) is 4.90 Å². The summed E-state index contributed by atoms with van der Waals surface area (Å²) >= 11 is 0. The number of hydrogen-bond acceptors (Lipinski definition) is 3. The number of hydrogen-bond donors (Lipinski definition) is 2. The Morgan fingerprint density at radius 1 is 0.931 bits per heavy atom. The molecular weight excluding hydrogens is 391 g/mol. The first kappa shape index (κ1) is 20.5. The molecule has 29 heavy (non-hydrogen) atoms. The Balaban J connectivity index is 1.67. The number of carbonyl (C=O) groups is 1. The lowest BCUT2D eigenvalue weighted by Crippen LogP contribution is -2.22. The van der Waals surface area contributed by atoms with Gasteiger partial charge in [-0.1, -0.05) is 24.3 Å². The molecule has 0 radical (unpaired) electrons. The molecule has 0 saturated carbocycles. The van der Waals surface area contributed by atoms with Crippen molar-refractivity contribution in [3.05, 3.63) is 94.8 Å². The molecule has 1 amide bonds. The van der Waals surface area contributed by atoms with Crippen molar-refractivity contribution in [3.8, 4) is 0 Å². The summed E-state index contributed by atoms with van der Waals surface area (Å²) in [6, 6.07) is 17.3. The molecule has 150 valence electrons. The monoisotopic (exact) mass is 412 g/mol. The van der Waals surface area contributed by atoms with E-state index in [9.17, 15) is 17.6 Å². The largest absolute Gasteiger partial charge is 0.348 e. The number of benzene rings is 3. The Hall–Kier alpha value is -3.19. The van der Waals surface area contributed by atoms with Crippen molar-refractivity contribution in [2.45, 2.75) is 25.3 Å². The van der Waals surface area contributed by atoms with Gasteiger partial charge in [-0.2, -0.15) is 0 Å². The molecule has 0 unspecified atom stereocenters. The van der Waals surface area contributed by atoms with Crippen molar-refractivity contribution < 1.29 is 17.6 Å². The highest BCUT2D eigenvalue weighted by atomic mass is 32.2. The average Bonchev–Trinajstić information content (AvgIpc) is 2.69. The molecule has 0 atom stereocenters. The number of aryl methyl sites for hydroxylation is 2. The minimum atomic E-state index is -3.73. The first-order valence-corrected chi connectivity index (χ1v) is 10.5. The lowest BCUT2D eigenvalue weighted by atomic mass is 10.2. The Bertz CT molecular complexity index is 1130. The summed E-state index contributed by atoms with van der Waals surface area (Å²) in [5.41, 5.74) is 3.03. The molecule has 5 nitrogen and oxygen atoms in total. The second kappa shape index (κ2) is 8.45. The SMILES string of the molecule is Cc1ccc(C)c(S(=O)(=O)Nc2ccc(C(=O)NCc3ccc(F)cc3)cc2)c1. The van der Waals surface area contributed by atoms with Crippen LogP contribution in [-0.2, 0) is 16.6 Å². The van der Waals surface area contributed by atoms with Crippen LogP contribution in [0.15, 0.2) is 71.6 Å². The fourth-order valence-corrected chi connectivity index (χ4v) is 4.17. The lowest BCUT2D eigenvalue weighted by molar-refractivity contribution is 0.0951. The Kier molecular flexibility index (Phi) is 5.98. The normalized spacial score (nSPS) is 11.1. The van der Waals surface area contributed by atoms with Crippen LogP contribution in [0.3, 0.4) is 0 Å². The number of anilines is 1. The highest BCUT2D eigenvalue weighted by Gasteiger charge is 2.17. The molecule has 0 aliphatic heterocycles. The molecular formula is C22H21FN2O3S. The third-order valence-electron chi connectivity index (χ3n) is 4.40. The summed E-state index contributed by atoms with van der Waals surface area (Å²) in [5.74, 6) is -0.641. The predicted molar refractivity (Wildman–Crippen MR) is 111 cm³/mol. The van der Waals surface area contributed by atoms with Gasteiger partial charge in [-0.15, -0.1) is 0 Å². The number of halogens is 1. The minimum absolute atomic E-state index is 0.221. The molecule has 0 aliphatic carbocycles. The summed E-state index contributed by atoms with van der Waals surface area (Å²) in [6.07, 6.45) is 0. The van der Waals surface area contributed by atoms with Gasteiger partial charge in [0.15, 0.2) is 0 Å². The molecule has 7 heteroatoms. The third-order valence-corrected chi connectivity index (χ3v) is 5.92. The quantitative estimate of drug-likeness (QED) is 0.638. The smallest absolute Gasteiger partial charge is 0.262 e. The Morgan fingerprint density at radius 2 is 1.59 bits per heavy atom. The molecule has 0 saturated heterocycles. The number of nitrogens with one attached hydrogen (secondary N) is 2. The van der Waals surface area contributed by atoms with Crippen LogP contribution >= 0.6 is 0 Å². The molecule has 0 aromatic heterocycles. The highest BCUT2D eigenvalue weighted by molar-refractivity contribution is 7.92. The lowest BCUT2D eigenvalue weighted by Gasteiger charge is -2.12. The molecule has 0 spiro atoms. The van der Waals surface area contributed by atoms with E-state index in [0.717, 1.165) is 11.1 Å². The van der Waals surface area contributed by atoms with Gasteiger partial charge in [0, 0.05) is 17.8 Å². The first-order valence-electron chi connectivity index (χ1n) is 8.97. The molecule has 0 heterocycles. The second-order valence-corrected chi connectivity index (χ2v) is 8.41. The van der Waals surface area contributed by atoms with Gasteiger partial charge in [0.25, 0.3) is 15.9 Å². The van der Waals surface area contributed by atoms with E-state index < -0.39 is 10.0 Å². The van der Waals surface area contributed by atoms with E-state index >= 15 is 0 Å². The number of carbonyl (C=O) groups excluding carboxylic acids is 1. The zero-order chi connectivity index (χ0) is 21.0. The number of rotatable bonds is 6. The van der Waals surface area contributed by atoms with Crippen LogP contribution in [0.25, 0.3) is 0 Å². The molecule has 3 aromatic carbocycles. The zero-order valence-electron chi connectivity index (χ0n) is 16.1. The van der Waals surface area contributed by atoms with Crippen molar-refractivity contribution in [1.29, 1.82) is 0 Å². The van der Waals surface area contributed by atoms with E-state index in [1.807, 2.05) is 13.0 Å². The van der Waals surface area contributed by atoms with Crippen molar-refractivity contribution in [1.82, 2.24) is 5.32 Å². The minimum Gasteiger partial charge on any atom is -0.348 e. The maximum Gasteiger partial charge on any atom is 0.262 e.